The highest BCUT2D eigenvalue weighted by molar-refractivity contribution is 5.69. The molecule has 3 aliphatic heterocycles. The number of hydrogen-bond donors (Lipinski definition) is 0. The van der Waals surface area contributed by atoms with Crippen LogP contribution in [0.15, 0.2) is 18.2 Å². The van der Waals surface area contributed by atoms with Crippen molar-refractivity contribution in [1.29, 1.82) is 0 Å². The molecule has 1 fully saturated rings. The first-order valence-electron chi connectivity index (χ1n) is 9.27. The Morgan fingerprint density at radius 3 is 2.83 bits per heavy atom. The second-order valence-electron chi connectivity index (χ2n) is 8.49. The number of likely N-dealkylation sites (tertiary alicyclic amines) is 1. The van der Waals surface area contributed by atoms with Gasteiger partial charge in [0.15, 0.2) is 0 Å². The van der Waals surface area contributed by atoms with E-state index in [0.29, 0.717) is 11.8 Å². The van der Waals surface area contributed by atoms with Crippen molar-refractivity contribution in [1.82, 2.24) is 4.90 Å². The molecule has 2 unspecified atom stereocenters. The maximum Gasteiger partial charge on any atom is 0.410 e. The van der Waals surface area contributed by atoms with Crippen LogP contribution in [0.3, 0.4) is 0 Å². The van der Waals surface area contributed by atoms with Crippen molar-refractivity contribution in [3.05, 3.63) is 29.3 Å². The predicted octanol–water partition coefficient (Wildman–Crippen LogP) is 3.79. The topological polar surface area (TPSA) is 32.8 Å². The lowest BCUT2D eigenvalue weighted by Crippen LogP contribution is -2.50. The summed E-state index contributed by atoms with van der Waals surface area (Å²) in [6.07, 6.45) is 3.36. The van der Waals surface area contributed by atoms with Crippen LogP contribution in [-0.2, 0) is 11.2 Å². The molecule has 1 amide bonds. The fourth-order valence-electron chi connectivity index (χ4n) is 4.60. The minimum atomic E-state index is -0.427. The molecule has 1 aromatic carbocycles. The third-order valence-electron chi connectivity index (χ3n) is 5.60. The first-order valence-corrected chi connectivity index (χ1v) is 9.27. The molecule has 2 atom stereocenters. The van der Waals surface area contributed by atoms with Crippen molar-refractivity contribution < 1.29 is 9.53 Å². The van der Waals surface area contributed by atoms with Crippen LogP contribution >= 0.6 is 0 Å². The van der Waals surface area contributed by atoms with Gasteiger partial charge in [0.25, 0.3) is 0 Å². The number of fused-ring (bicyclic) bond motifs is 2. The molecule has 3 heterocycles. The van der Waals surface area contributed by atoms with Crippen LogP contribution in [0.5, 0.6) is 0 Å². The molecule has 24 heavy (non-hydrogen) atoms. The normalized spacial score (nSPS) is 25.8. The van der Waals surface area contributed by atoms with Gasteiger partial charge in [-0.05, 0) is 57.1 Å². The number of anilines is 1. The summed E-state index contributed by atoms with van der Waals surface area (Å²) in [6, 6.07) is 6.76. The molecule has 4 heteroatoms. The average molecular weight is 328 g/mol. The lowest BCUT2D eigenvalue weighted by molar-refractivity contribution is 0.0155. The SMILES string of the molecule is CC(C)(C)OC(=O)N1CCC2CN3CCCc4cccc(c43)C2C1. The zero-order chi connectivity index (χ0) is 16.9. The maximum atomic E-state index is 12.5. The summed E-state index contributed by atoms with van der Waals surface area (Å²) in [4.78, 5) is 17.0. The number of benzene rings is 1. The molecule has 0 spiro atoms. The van der Waals surface area contributed by atoms with E-state index in [4.69, 9.17) is 4.74 Å². The van der Waals surface area contributed by atoms with Crippen molar-refractivity contribution in [3.63, 3.8) is 0 Å². The molecule has 4 nitrogen and oxygen atoms in total. The molecule has 0 N–H and O–H groups in total. The van der Waals surface area contributed by atoms with Crippen LogP contribution in [0.1, 0.15) is 50.7 Å². The first kappa shape index (κ1) is 15.8. The van der Waals surface area contributed by atoms with Gasteiger partial charge in [0, 0.05) is 37.8 Å². The van der Waals surface area contributed by atoms with Gasteiger partial charge in [-0.2, -0.15) is 0 Å². The highest BCUT2D eigenvalue weighted by Crippen LogP contribution is 2.46. The Labute approximate surface area is 144 Å². The molecule has 0 aromatic heterocycles. The smallest absolute Gasteiger partial charge is 0.410 e. The Morgan fingerprint density at radius 2 is 2.04 bits per heavy atom. The van der Waals surface area contributed by atoms with E-state index >= 15 is 0 Å². The Morgan fingerprint density at radius 1 is 1.21 bits per heavy atom. The fraction of sp³-hybridized carbons (Fsp3) is 0.650. The van der Waals surface area contributed by atoms with Crippen LogP contribution in [0.2, 0.25) is 0 Å². The lowest BCUT2D eigenvalue weighted by atomic mass is 9.75. The number of aryl methyl sites for hydroxylation is 1. The molecular weight excluding hydrogens is 300 g/mol. The Balaban J connectivity index is 1.60. The molecular formula is C20H28N2O2. The van der Waals surface area contributed by atoms with Crippen LogP contribution in [-0.4, -0.2) is 42.8 Å². The number of carbonyl (C=O) groups excluding carboxylic acids is 1. The van der Waals surface area contributed by atoms with Crippen LogP contribution in [0, 0.1) is 5.92 Å². The summed E-state index contributed by atoms with van der Waals surface area (Å²) in [6.45, 7) is 9.75. The quantitative estimate of drug-likeness (QED) is 0.726. The first-order chi connectivity index (χ1) is 11.4. The monoisotopic (exact) mass is 328 g/mol. The molecule has 0 saturated carbocycles. The Bertz CT molecular complexity index is 650. The van der Waals surface area contributed by atoms with E-state index in [1.807, 2.05) is 25.7 Å². The molecule has 0 aliphatic carbocycles. The minimum Gasteiger partial charge on any atom is -0.444 e. The molecule has 4 rings (SSSR count). The van der Waals surface area contributed by atoms with Crippen molar-refractivity contribution in [3.8, 4) is 0 Å². The third kappa shape index (κ3) is 2.76. The van der Waals surface area contributed by atoms with Crippen molar-refractivity contribution >= 4 is 11.8 Å². The van der Waals surface area contributed by atoms with Gasteiger partial charge in [-0.25, -0.2) is 4.79 Å². The van der Waals surface area contributed by atoms with Gasteiger partial charge in [-0.15, -0.1) is 0 Å². The molecule has 1 saturated heterocycles. The van der Waals surface area contributed by atoms with Crippen molar-refractivity contribution in [2.45, 2.75) is 51.6 Å². The van der Waals surface area contributed by atoms with Gasteiger partial charge >= 0.3 is 6.09 Å². The predicted molar refractivity (Wildman–Crippen MR) is 95.6 cm³/mol. The number of para-hydroxylation sites is 1. The highest BCUT2D eigenvalue weighted by Gasteiger charge is 2.40. The number of piperidine rings is 1. The fourth-order valence-corrected chi connectivity index (χ4v) is 4.60. The number of rotatable bonds is 0. The standard InChI is InChI=1S/C20H28N2O2/c1-20(2,3)24-19(23)22-11-9-15-12-21-10-5-7-14-6-4-8-16(18(14)21)17(15)13-22/h4,6,8,15,17H,5,7,9-13H2,1-3H3. The number of hydrogen-bond acceptors (Lipinski definition) is 3. The van der Waals surface area contributed by atoms with Crippen molar-refractivity contribution in [2.24, 2.45) is 5.92 Å². The second kappa shape index (κ2) is 5.68. The largest absolute Gasteiger partial charge is 0.444 e. The summed E-state index contributed by atoms with van der Waals surface area (Å²) >= 11 is 0. The lowest BCUT2D eigenvalue weighted by Gasteiger charge is -2.48. The zero-order valence-electron chi connectivity index (χ0n) is 15.0. The van der Waals surface area contributed by atoms with Crippen LogP contribution in [0.25, 0.3) is 0 Å². The third-order valence-corrected chi connectivity index (χ3v) is 5.60. The highest BCUT2D eigenvalue weighted by atomic mass is 16.6. The summed E-state index contributed by atoms with van der Waals surface area (Å²) in [5, 5.41) is 0. The van der Waals surface area contributed by atoms with Gasteiger partial charge in [-0.3, -0.25) is 0 Å². The molecule has 0 bridgehead atoms. The molecule has 1 aromatic rings. The number of carbonyl (C=O) groups is 1. The van der Waals surface area contributed by atoms with Gasteiger partial charge in [-0.1, -0.05) is 18.2 Å². The van der Waals surface area contributed by atoms with Gasteiger partial charge in [0.1, 0.15) is 5.60 Å². The number of nitrogens with zero attached hydrogens (tertiary/aromatic N) is 2. The average Bonchev–Trinajstić information content (AvgIpc) is 2.53. The molecule has 3 aliphatic rings. The molecule has 130 valence electrons. The second-order valence-corrected chi connectivity index (χ2v) is 8.49. The Kier molecular flexibility index (Phi) is 3.74. The van der Waals surface area contributed by atoms with E-state index in [1.165, 1.54) is 36.2 Å². The van der Waals surface area contributed by atoms with Crippen molar-refractivity contribution in [2.75, 3.05) is 31.1 Å². The number of amides is 1. The van der Waals surface area contributed by atoms with Gasteiger partial charge in [0.05, 0.1) is 0 Å². The van der Waals surface area contributed by atoms with Crippen LogP contribution in [0.4, 0.5) is 10.5 Å². The summed E-state index contributed by atoms with van der Waals surface area (Å²) in [5.41, 5.74) is 3.99. The summed E-state index contributed by atoms with van der Waals surface area (Å²) in [7, 11) is 0. The van der Waals surface area contributed by atoms with E-state index in [1.54, 1.807) is 0 Å². The van der Waals surface area contributed by atoms with E-state index < -0.39 is 5.60 Å². The van der Waals surface area contributed by atoms with Crippen LogP contribution < -0.4 is 4.90 Å². The zero-order valence-corrected chi connectivity index (χ0v) is 15.0. The number of ether oxygens (including phenoxy) is 1. The van der Waals surface area contributed by atoms with E-state index in [-0.39, 0.29) is 6.09 Å². The summed E-state index contributed by atoms with van der Waals surface area (Å²) < 4.78 is 5.60. The summed E-state index contributed by atoms with van der Waals surface area (Å²) in [5.74, 6) is 1.11. The van der Waals surface area contributed by atoms with Gasteiger partial charge < -0.3 is 14.5 Å². The van der Waals surface area contributed by atoms with Gasteiger partial charge in [0.2, 0.25) is 0 Å². The van der Waals surface area contributed by atoms with E-state index in [9.17, 15) is 4.79 Å². The van der Waals surface area contributed by atoms with E-state index in [0.717, 1.165) is 26.1 Å². The van der Waals surface area contributed by atoms with E-state index in [2.05, 4.69) is 23.1 Å². The maximum absolute atomic E-state index is 12.5. The minimum absolute atomic E-state index is 0.159. The Hall–Kier alpha value is -1.71. The molecule has 0 radical (unpaired) electrons.